The maximum Gasteiger partial charge on any atom is 0.226 e. The lowest BCUT2D eigenvalue weighted by Crippen LogP contribution is -2.26. The first-order valence-electron chi connectivity index (χ1n) is 9.40. The molecule has 1 aromatic carbocycles. The van der Waals surface area contributed by atoms with Gasteiger partial charge in [-0.3, -0.25) is 4.79 Å². The second kappa shape index (κ2) is 7.73. The molecule has 27 heavy (non-hydrogen) atoms. The molecule has 1 amide bonds. The lowest BCUT2D eigenvalue weighted by molar-refractivity contribution is -0.120. The number of amides is 1. The molecule has 7 nitrogen and oxygen atoms in total. The van der Waals surface area contributed by atoms with E-state index >= 15 is 0 Å². The van der Waals surface area contributed by atoms with Gasteiger partial charge < -0.3 is 14.3 Å². The van der Waals surface area contributed by atoms with Crippen LogP contribution in [0.2, 0.25) is 0 Å². The Morgan fingerprint density at radius 2 is 2.04 bits per heavy atom. The predicted molar refractivity (Wildman–Crippen MR) is 99.8 cm³/mol. The van der Waals surface area contributed by atoms with Crippen LogP contribution in [0.25, 0.3) is 11.5 Å². The molecule has 0 aliphatic carbocycles. The fourth-order valence-electron chi connectivity index (χ4n) is 3.36. The monoisotopic (exact) mass is 365 g/mol. The molecule has 0 unspecified atom stereocenters. The molecule has 0 bridgehead atoms. The van der Waals surface area contributed by atoms with E-state index in [0.29, 0.717) is 23.9 Å². The number of nitrogens with one attached hydrogen (secondary N) is 1. The van der Waals surface area contributed by atoms with E-state index in [4.69, 9.17) is 4.42 Å². The number of hydrogen-bond acceptors (Lipinski definition) is 5. The predicted octanol–water partition coefficient (Wildman–Crippen LogP) is 2.83. The summed E-state index contributed by atoms with van der Waals surface area (Å²) < 4.78 is 7.86. The van der Waals surface area contributed by atoms with Crippen molar-refractivity contribution in [1.82, 2.24) is 25.1 Å². The molecule has 0 saturated carbocycles. The fraction of sp³-hybridized carbons (Fsp3) is 0.400. The van der Waals surface area contributed by atoms with Crippen molar-refractivity contribution in [2.75, 3.05) is 0 Å². The Morgan fingerprint density at radius 1 is 1.19 bits per heavy atom. The number of aryl methyl sites for hydroxylation is 2. The van der Waals surface area contributed by atoms with Crippen LogP contribution < -0.4 is 5.32 Å². The molecule has 1 aliphatic heterocycles. The second-order valence-corrected chi connectivity index (χ2v) is 6.84. The van der Waals surface area contributed by atoms with Gasteiger partial charge in [0.25, 0.3) is 0 Å². The van der Waals surface area contributed by atoms with E-state index in [1.54, 1.807) is 0 Å². The smallest absolute Gasteiger partial charge is 0.226 e. The highest BCUT2D eigenvalue weighted by Gasteiger charge is 2.17. The zero-order chi connectivity index (χ0) is 18.6. The molecule has 1 N–H and O–H groups in total. The fourth-order valence-corrected chi connectivity index (χ4v) is 3.36. The zero-order valence-corrected chi connectivity index (χ0v) is 15.4. The Kier molecular flexibility index (Phi) is 5.00. The minimum Gasteiger partial charge on any atom is -0.441 e. The summed E-state index contributed by atoms with van der Waals surface area (Å²) in [5.74, 6) is 2.95. The van der Waals surface area contributed by atoms with Crippen molar-refractivity contribution in [3.05, 3.63) is 53.4 Å². The summed E-state index contributed by atoms with van der Waals surface area (Å²) in [5, 5.41) is 11.4. The molecule has 140 valence electrons. The Balaban J connectivity index is 1.39. The van der Waals surface area contributed by atoms with Crippen molar-refractivity contribution in [3.8, 4) is 11.5 Å². The molecule has 0 saturated heterocycles. The SMILES string of the molecule is Cc1oc(-c2ccccc2)nc1CC(=O)NCc1nnc2n1CCCCC2. The second-order valence-electron chi connectivity index (χ2n) is 6.84. The first-order valence-corrected chi connectivity index (χ1v) is 9.40. The molecule has 0 atom stereocenters. The Labute approximate surface area is 157 Å². The van der Waals surface area contributed by atoms with Gasteiger partial charge in [-0.2, -0.15) is 0 Å². The van der Waals surface area contributed by atoms with Crippen molar-refractivity contribution in [3.63, 3.8) is 0 Å². The Hall–Kier alpha value is -2.96. The van der Waals surface area contributed by atoms with E-state index < -0.39 is 0 Å². The van der Waals surface area contributed by atoms with Gasteiger partial charge in [0, 0.05) is 18.5 Å². The Bertz CT molecular complexity index is 929. The third-order valence-electron chi connectivity index (χ3n) is 4.87. The molecule has 7 heteroatoms. The first-order chi connectivity index (χ1) is 13.2. The maximum absolute atomic E-state index is 12.4. The summed E-state index contributed by atoms with van der Waals surface area (Å²) in [7, 11) is 0. The van der Waals surface area contributed by atoms with Crippen molar-refractivity contribution >= 4 is 5.91 Å². The van der Waals surface area contributed by atoms with Crippen molar-refractivity contribution < 1.29 is 9.21 Å². The average molecular weight is 365 g/mol. The number of rotatable bonds is 5. The summed E-state index contributed by atoms with van der Waals surface area (Å²) >= 11 is 0. The number of carbonyl (C=O) groups excluding carboxylic acids is 1. The molecule has 0 spiro atoms. The maximum atomic E-state index is 12.4. The topological polar surface area (TPSA) is 85.8 Å². The number of nitrogens with zero attached hydrogens (tertiary/aromatic N) is 4. The number of oxazole rings is 1. The van der Waals surface area contributed by atoms with Gasteiger partial charge >= 0.3 is 0 Å². The third-order valence-corrected chi connectivity index (χ3v) is 4.87. The van der Waals surface area contributed by atoms with E-state index in [-0.39, 0.29) is 12.3 Å². The van der Waals surface area contributed by atoms with E-state index in [9.17, 15) is 4.79 Å². The molecule has 4 rings (SSSR count). The van der Waals surface area contributed by atoms with Crippen LogP contribution in [0.1, 0.15) is 42.4 Å². The molecule has 3 aromatic rings. The van der Waals surface area contributed by atoms with Gasteiger partial charge in [0.2, 0.25) is 11.8 Å². The summed E-state index contributed by atoms with van der Waals surface area (Å²) in [6, 6.07) is 9.68. The van der Waals surface area contributed by atoms with Crippen LogP contribution in [0.5, 0.6) is 0 Å². The largest absolute Gasteiger partial charge is 0.441 e. The number of hydrogen-bond donors (Lipinski definition) is 1. The standard InChI is InChI=1S/C20H23N5O2/c1-14-16(22-20(27-14)15-8-4-2-5-9-15)12-19(26)21-13-18-24-23-17-10-6-3-7-11-25(17)18/h2,4-5,8-9H,3,6-7,10-13H2,1H3,(H,21,26). The summed E-state index contributed by atoms with van der Waals surface area (Å²) in [4.78, 5) is 16.9. The van der Waals surface area contributed by atoms with E-state index in [2.05, 4.69) is 25.1 Å². The van der Waals surface area contributed by atoms with Crippen LogP contribution in [0.4, 0.5) is 0 Å². The van der Waals surface area contributed by atoms with Gasteiger partial charge in [-0.05, 0) is 31.9 Å². The molecule has 3 heterocycles. The average Bonchev–Trinajstić information content (AvgIpc) is 3.15. The van der Waals surface area contributed by atoms with Gasteiger partial charge in [0.15, 0.2) is 5.82 Å². The van der Waals surface area contributed by atoms with Crippen LogP contribution in [0.15, 0.2) is 34.7 Å². The molecular formula is C20H23N5O2. The number of aromatic nitrogens is 4. The quantitative estimate of drug-likeness (QED) is 0.751. The van der Waals surface area contributed by atoms with Crippen LogP contribution in [0.3, 0.4) is 0 Å². The Morgan fingerprint density at radius 3 is 2.89 bits per heavy atom. The summed E-state index contributed by atoms with van der Waals surface area (Å²) in [6.45, 7) is 3.14. The normalized spacial score (nSPS) is 13.8. The van der Waals surface area contributed by atoms with Gasteiger partial charge in [-0.1, -0.05) is 24.6 Å². The molecule has 2 aromatic heterocycles. The van der Waals surface area contributed by atoms with Crippen LogP contribution in [-0.4, -0.2) is 25.7 Å². The number of benzene rings is 1. The minimum atomic E-state index is -0.100. The van der Waals surface area contributed by atoms with Gasteiger partial charge in [-0.15, -0.1) is 10.2 Å². The molecule has 0 fully saturated rings. The van der Waals surface area contributed by atoms with Crippen molar-refractivity contribution in [1.29, 1.82) is 0 Å². The van der Waals surface area contributed by atoms with Gasteiger partial charge in [0.1, 0.15) is 11.6 Å². The summed E-state index contributed by atoms with van der Waals surface area (Å²) in [5.41, 5.74) is 1.56. The van der Waals surface area contributed by atoms with Crippen LogP contribution in [0, 0.1) is 6.92 Å². The number of carbonyl (C=O) groups is 1. The van der Waals surface area contributed by atoms with E-state index in [1.165, 1.54) is 6.42 Å². The lowest BCUT2D eigenvalue weighted by atomic mass is 10.2. The van der Waals surface area contributed by atoms with Gasteiger partial charge in [-0.25, -0.2) is 4.98 Å². The highest BCUT2D eigenvalue weighted by Crippen LogP contribution is 2.21. The highest BCUT2D eigenvalue weighted by atomic mass is 16.4. The lowest BCUT2D eigenvalue weighted by Gasteiger charge is -2.07. The minimum absolute atomic E-state index is 0.100. The number of fused-ring (bicyclic) bond motifs is 1. The molecular weight excluding hydrogens is 342 g/mol. The highest BCUT2D eigenvalue weighted by molar-refractivity contribution is 5.78. The third kappa shape index (κ3) is 3.92. The van der Waals surface area contributed by atoms with Crippen LogP contribution in [-0.2, 0) is 30.7 Å². The van der Waals surface area contributed by atoms with Crippen LogP contribution >= 0.6 is 0 Å². The van der Waals surface area contributed by atoms with E-state index in [1.807, 2.05) is 37.3 Å². The summed E-state index contributed by atoms with van der Waals surface area (Å²) in [6.07, 6.45) is 4.64. The molecule has 0 radical (unpaired) electrons. The first kappa shape index (κ1) is 17.5. The zero-order valence-electron chi connectivity index (χ0n) is 15.4. The van der Waals surface area contributed by atoms with E-state index in [0.717, 1.165) is 43.0 Å². The van der Waals surface area contributed by atoms with Gasteiger partial charge in [0.05, 0.1) is 18.7 Å². The van der Waals surface area contributed by atoms with Crippen molar-refractivity contribution in [2.45, 2.75) is 52.1 Å². The van der Waals surface area contributed by atoms with Crippen molar-refractivity contribution in [2.24, 2.45) is 0 Å². The molecule has 1 aliphatic rings.